The quantitative estimate of drug-likeness (QED) is 0.763. The largest absolute Gasteiger partial charge is 0.451 e. The number of rotatable bonds is 4. The molecule has 0 spiro atoms. The molecule has 3 aromatic rings. The van der Waals surface area contributed by atoms with Gasteiger partial charge in [-0.3, -0.25) is 9.59 Å². The van der Waals surface area contributed by atoms with Gasteiger partial charge in [0.25, 0.3) is 11.8 Å². The Bertz CT molecular complexity index is 900. The predicted octanol–water partition coefficient (Wildman–Crippen LogP) is 3.38. The minimum absolute atomic E-state index is 0.147. The zero-order valence-corrected chi connectivity index (χ0v) is 13.7. The molecule has 0 unspecified atom stereocenters. The minimum atomic E-state index is -0.308. The number of hydrogen-bond donors (Lipinski definition) is 2. The van der Waals surface area contributed by atoms with Crippen LogP contribution in [0.4, 0.5) is 0 Å². The Morgan fingerprint density at radius 1 is 1.04 bits per heavy atom. The highest BCUT2D eigenvalue weighted by Gasteiger charge is 2.12. The number of carbonyl (C=O) groups is 2. The highest BCUT2D eigenvalue weighted by molar-refractivity contribution is 6.31. The molecule has 0 atom stereocenters. The van der Waals surface area contributed by atoms with Gasteiger partial charge in [-0.05, 0) is 42.0 Å². The van der Waals surface area contributed by atoms with Crippen LogP contribution < -0.4 is 10.6 Å². The van der Waals surface area contributed by atoms with E-state index in [1.165, 1.54) is 0 Å². The second-order valence-electron chi connectivity index (χ2n) is 5.25. The number of hydrogen-bond acceptors (Lipinski definition) is 3. The zero-order valence-electron chi connectivity index (χ0n) is 12.9. The maximum atomic E-state index is 12.2. The van der Waals surface area contributed by atoms with Crippen molar-refractivity contribution in [3.8, 4) is 0 Å². The molecule has 0 fully saturated rings. The van der Waals surface area contributed by atoms with Crippen LogP contribution in [-0.4, -0.2) is 18.9 Å². The van der Waals surface area contributed by atoms with Gasteiger partial charge in [-0.25, -0.2) is 0 Å². The van der Waals surface area contributed by atoms with E-state index >= 15 is 0 Å². The van der Waals surface area contributed by atoms with Crippen molar-refractivity contribution >= 4 is 34.4 Å². The van der Waals surface area contributed by atoms with E-state index in [2.05, 4.69) is 10.6 Å². The molecule has 0 radical (unpaired) electrons. The molecule has 3 rings (SSSR count). The Labute approximate surface area is 143 Å². The summed E-state index contributed by atoms with van der Waals surface area (Å²) in [6, 6.07) is 13.9. The first-order chi connectivity index (χ1) is 11.6. The van der Waals surface area contributed by atoms with E-state index in [4.69, 9.17) is 16.0 Å². The molecule has 2 aromatic carbocycles. The smallest absolute Gasteiger partial charge is 0.287 e. The normalized spacial score (nSPS) is 10.6. The number of fused-ring (bicyclic) bond motifs is 1. The Balaban J connectivity index is 1.67. The Morgan fingerprint density at radius 2 is 1.79 bits per heavy atom. The molecule has 0 saturated carbocycles. The van der Waals surface area contributed by atoms with Crippen LogP contribution in [0.2, 0.25) is 5.02 Å². The molecule has 0 bridgehead atoms. The number of amides is 2. The van der Waals surface area contributed by atoms with Gasteiger partial charge in [-0.15, -0.1) is 0 Å². The number of nitrogens with one attached hydrogen (secondary N) is 2. The topological polar surface area (TPSA) is 71.3 Å². The van der Waals surface area contributed by atoms with E-state index in [9.17, 15) is 9.59 Å². The number of carbonyl (C=O) groups excluding carboxylic acids is 2. The van der Waals surface area contributed by atoms with Crippen LogP contribution in [-0.2, 0) is 6.54 Å². The van der Waals surface area contributed by atoms with Gasteiger partial charge in [0.1, 0.15) is 5.58 Å². The van der Waals surface area contributed by atoms with Gasteiger partial charge < -0.3 is 15.1 Å². The van der Waals surface area contributed by atoms with Crippen molar-refractivity contribution in [2.75, 3.05) is 7.05 Å². The molecule has 2 amide bonds. The summed E-state index contributed by atoms with van der Waals surface area (Å²) in [5.41, 5.74) is 2.07. The maximum absolute atomic E-state index is 12.2. The second kappa shape index (κ2) is 6.76. The van der Waals surface area contributed by atoms with Crippen LogP contribution in [0.3, 0.4) is 0 Å². The summed E-state index contributed by atoms with van der Waals surface area (Å²) < 4.78 is 5.51. The lowest BCUT2D eigenvalue weighted by molar-refractivity contribution is 0.0923. The third-order valence-corrected chi connectivity index (χ3v) is 3.83. The molecule has 1 aromatic heterocycles. The SMILES string of the molecule is CNC(=O)c1ccc(CNC(=O)c2cc3cc(Cl)ccc3o2)cc1. The Morgan fingerprint density at radius 3 is 2.50 bits per heavy atom. The van der Waals surface area contributed by atoms with E-state index < -0.39 is 0 Å². The molecule has 0 aliphatic carbocycles. The summed E-state index contributed by atoms with van der Waals surface area (Å²) in [6.45, 7) is 0.338. The van der Waals surface area contributed by atoms with Crippen molar-refractivity contribution in [3.63, 3.8) is 0 Å². The van der Waals surface area contributed by atoms with E-state index in [0.717, 1.165) is 10.9 Å². The van der Waals surface area contributed by atoms with Gasteiger partial charge in [-0.2, -0.15) is 0 Å². The summed E-state index contributed by atoms with van der Waals surface area (Å²) in [5, 5.41) is 6.72. The van der Waals surface area contributed by atoms with Crippen molar-refractivity contribution in [1.82, 2.24) is 10.6 Å². The molecule has 6 heteroatoms. The van der Waals surface area contributed by atoms with Gasteiger partial charge in [0.2, 0.25) is 0 Å². The van der Waals surface area contributed by atoms with Crippen LogP contribution in [0.5, 0.6) is 0 Å². The van der Waals surface area contributed by atoms with Crippen LogP contribution in [0.1, 0.15) is 26.5 Å². The minimum Gasteiger partial charge on any atom is -0.451 e. The van der Waals surface area contributed by atoms with E-state index in [0.29, 0.717) is 22.7 Å². The lowest BCUT2D eigenvalue weighted by Gasteiger charge is -2.05. The van der Waals surface area contributed by atoms with Crippen molar-refractivity contribution in [1.29, 1.82) is 0 Å². The Kier molecular flexibility index (Phi) is 4.53. The average molecular weight is 343 g/mol. The number of benzene rings is 2. The van der Waals surface area contributed by atoms with Crippen molar-refractivity contribution in [3.05, 3.63) is 70.4 Å². The lowest BCUT2D eigenvalue weighted by Crippen LogP contribution is -2.22. The first kappa shape index (κ1) is 16.1. The van der Waals surface area contributed by atoms with E-state index in [1.54, 1.807) is 55.6 Å². The summed E-state index contributed by atoms with van der Waals surface area (Å²) in [5.74, 6) is -0.224. The molecule has 0 aliphatic heterocycles. The molecule has 2 N–H and O–H groups in total. The highest BCUT2D eigenvalue weighted by atomic mass is 35.5. The summed E-state index contributed by atoms with van der Waals surface area (Å²) in [7, 11) is 1.58. The van der Waals surface area contributed by atoms with Crippen LogP contribution >= 0.6 is 11.6 Å². The van der Waals surface area contributed by atoms with Gasteiger partial charge in [-0.1, -0.05) is 23.7 Å². The molecule has 122 valence electrons. The highest BCUT2D eigenvalue weighted by Crippen LogP contribution is 2.23. The molecule has 24 heavy (non-hydrogen) atoms. The molecule has 0 saturated heterocycles. The fraction of sp³-hybridized carbons (Fsp3) is 0.111. The zero-order chi connectivity index (χ0) is 17.1. The van der Waals surface area contributed by atoms with Gasteiger partial charge in [0.05, 0.1) is 0 Å². The van der Waals surface area contributed by atoms with Crippen LogP contribution in [0.15, 0.2) is 52.9 Å². The first-order valence-electron chi connectivity index (χ1n) is 7.35. The van der Waals surface area contributed by atoms with Crippen LogP contribution in [0.25, 0.3) is 11.0 Å². The molecule has 5 nitrogen and oxygen atoms in total. The van der Waals surface area contributed by atoms with Crippen molar-refractivity contribution < 1.29 is 14.0 Å². The molecule has 0 aliphatic rings. The summed E-state index contributed by atoms with van der Waals surface area (Å²) in [6.07, 6.45) is 0. The van der Waals surface area contributed by atoms with Gasteiger partial charge in [0, 0.05) is 29.6 Å². The maximum Gasteiger partial charge on any atom is 0.287 e. The fourth-order valence-corrected chi connectivity index (χ4v) is 2.49. The third kappa shape index (κ3) is 3.41. The lowest BCUT2D eigenvalue weighted by atomic mass is 10.1. The number of furan rings is 1. The van der Waals surface area contributed by atoms with Gasteiger partial charge in [0.15, 0.2) is 5.76 Å². The van der Waals surface area contributed by atoms with Crippen molar-refractivity contribution in [2.45, 2.75) is 6.54 Å². The van der Waals surface area contributed by atoms with Gasteiger partial charge >= 0.3 is 0 Å². The van der Waals surface area contributed by atoms with Crippen LogP contribution in [0, 0.1) is 0 Å². The molecular formula is C18H15ClN2O3. The van der Waals surface area contributed by atoms with E-state index in [1.807, 2.05) is 0 Å². The predicted molar refractivity (Wildman–Crippen MR) is 92.2 cm³/mol. The summed E-state index contributed by atoms with van der Waals surface area (Å²) in [4.78, 5) is 23.7. The fourth-order valence-electron chi connectivity index (χ4n) is 2.31. The third-order valence-electron chi connectivity index (χ3n) is 3.60. The molecular weight excluding hydrogens is 328 g/mol. The number of halogens is 1. The van der Waals surface area contributed by atoms with E-state index in [-0.39, 0.29) is 17.6 Å². The molecule has 1 heterocycles. The van der Waals surface area contributed by atoms with Crippen molar-refractivity contribution in [2.24, 2.45) is 0 Å². The first-order valence-corrected chi connectivity index (χ1v) is 7.73. The standard InChI is InChI=1S/C18H15ClN2O3/c1-20-17(22)12-4-2-11(3-5-12)10-21-18(23)16-9-13-8-14(19)6-7-15(13)24-16/h2-9H,10H2,1H3,(H,20,22)(H,21,23). The Hall–Kier alpha value is -2.79. The second-order valence-corrected chi connectivity index (χ2v) is 5.69. The monoisotopic (exact) mass is 342 g/mol. The summed E-state index contributed by atoms with van der Waals surface area (Å²) >= 11 is 5.92. The average Bonchev–Trinajstić information content (AvgIpc) is 3.02.